The van der Waals surface area contributed by atoms with Crippen molar-refractivity contribution in [2.75, 3.05) is 19.5 Å². The first-order valence-electron chi connectivity index (χ1n) is 8.68. The SMILES string of the molecule is COc1cccc(CNC(=O)c2ccnc3c(NC(C)=O)cccc23)c1OC. The van der Waals surface area contributed by atoms with Gasteiger partial charge in [-0.25, -0.2) is 0 Å². The van der Waals surface area contributed by atoms with Gasteiger partial charge in [0.15, 0.2) is 11.5 Å². The molecule has 0 aliphatic heterocycles. The number of benzene rings is 2. The van der Waals surface area contributed by atoms with E-state index in [2.05, 4.69) is 15.6 Å². The van der Waals surface area contributed by atoms with Crippen LogP contribution in [0.3, 0.4) is 0 Å². The molecule has 7 nitrogen and oxygen atoms in total. The van der Waals surface area contributed by atoms with Gasteiger partial charge in [-0.05, 0) is 18.2 Å². The molecule has 2 amide bonds. The summed E-state index contributed by atoms with van der Waals surface area (Å²) in [4.78, 5) is 28.5. The van der Waals surface area contributed by atoms with Crippen molar-refractivity contribution in [3.8, 4) is 11.5 Å². The molecule has 0 unspecified atom stereocenters. The summed E-state index contributed by atoms with van der Waals surface area (Å²) in [6.07, 6.45) is 1.55. The molecule has 0 bridgehead atoms. The minimum atomic E-state index is -0.253. The van der Waals surface area contributed by atoms with Crippen molar-refractivity contribution < 1.29 is 19.1 Å². The summed E-state index contributed by atoms with van der Waals surface area (Å²) in [5.74, 6) is 0.730. The largest absolute Gasteiger partial charge is 0.493 e. The Morgan fingerprint density at radius 1 is 1.04 bits per heavy atom. The fourth-order valence-corrected chi connectivity index (χ4v) is 3.03. The molecule has 0 radical (unpaired) electrons. The first-order chi connectivity index (χ1) is 13.5. The molecular weight excluding hydrogens is 358 g/mol. The Balaban J connectivity index is 1.88. The first-order valence-corrected chi connectivity index (χ1v) is 8.68. The zero-order valence-electron chi connectivity index (χ0n) is 15.9. The Labute approximate surface area is 162 Å². The highest BCUT2D eigenvalue weighted by atomic mass is 16.5. The number of pyridine rings is 1. The number of nitrogens with one attached hydrogen (secondary N) is 2. The number of para-hydroxylation sites is 2. The number of anilines is 1. The molecule has 0 fully saturated rings. The summed E-state index contributed by atoms with van der Waals surface area (Å²) in [5, 5.41) is 6.30. The molecule has 1 heterocycles. The van der Waals surface area contributed by atoms with Crippen LogP contribution < -0.4 is 20.1 Å². The van der Waals surface area contributed by atoms with Crippen molar-refractivity contribution in [1.29, 1.82) is 0 Å². The number of hydrogen-bond acceptors (Lipinski definition) is 5. The molecule has 0 atom stereocenters. The predicted octanol–water partition coefficient (Wildman–Crippen LogP) is 3.14. The van der Waals surface area contributed by atoms with Gasteiger partial charge in [0.1, 0.15) is 0 Å². The van der Waals surface area contributed by atoms with Gasteiger partial charge in [-0.2, -0.15) is 0 Å². The lowest BCUT2D eigenvalue weighted by Crippen LogP contribution is -2.23. The second-order valence-electron chi connectivity index (χ2n) is 6.08. The van der Waals surface area contributed by atoms with Crippen LogP contribution in [-0.4, -0.2) is 31.0 Å². The van der Waals surface area contributed by atoms with Crippen LogP contribution in [-0.2, 0) is 11.3 Å². The van der Waals surface area contributed by atoms with E-state index in [0.29, 0.717) is 33.7 Å². The number of fused-ring (bicyclic) bond motifs is 1. The van der Waals surface area contributed by atoms with Crippen LogP contribution in [0, 0.1) is 0 Å². The topological polar surface area (TPSA) is 89.5 Å². The van der Waals surface area contributed by atoms with Crippen LogP contribution in [0.4, 0.5) is 5.69 Å². The van der Waals surface area contributed by atoms with Gasteiger partial charge in [-0.15, -0.1) is 0 Å². The number of amides is 2. The molecule has 3 aromatic rings. The monoisotopic (exact) mass is 379 g/mol. The maximum absolute atomic E-state index is 12.8. The third-order valence-corrected chi connectivity index (χ3v) is 4.25. The van der Waals surface area contributed by atoms with Gasteiger partial charge in [0.05, 0.1) is 31.0 Å². The lowest BCUT2D eigenvalue weighted by atomic mass is 10.1. The number of nitrogens with zero attached hydrogens (tertiary/aromatic N) is 1. The molecular formula is C21H21N3O4. The van der Waals surface area contributed by atoms with E-state index in [1.807, 2.05) is 12.1 Å². The summed E-state index contributed by atoms with van der Waals surface area (Å²) >= 11 is 0. The quantitative estimate of drug-likeness (QED) is 0.687. The third-order valence-electron chi connectivity index (χ3n) is 4.25. The fraction of sp³-hybridized carbons (Fsp3) is 0.190. The number of rotatable bonds is 6. The average Bonchev–Trinajstić information content (AvgIpc) is 2.71. The van der Waals surface area contributed by atoms with Crippen LogP contribution in [0.2, 0.25) is 0 Å². The van der Waals surface area contributed by atoms with E-state index in [4.69, 9.17) is 9.47 Å². The van der Waals surface area contributed by atoms with Gasteiger partial charge >= 0.3 is 0 Å². The lowest BCUT2D eigenvalue weighted by Gasteiger charge is -2.14. The Morgan fingerprint density at radius 3 is 2.54 bits per heavy atom. The van der Waals surface area contributed by atoms with E-state index >= 15 is 0 Å². The van der Waals surface area contributed by atoms with Gasteiger partial charge in [0.25, 0.3) is 5.91 Å². The Kier molecular flexibility index (Phi) is 5.74. The fourth-order valence-electron chi connectivity index (χ4n) is 3.03. The van der Waals surface area contributed by atoms with Crippen LogP contribution in [0.1, 0.15) is 22.8 Å². The minimum absolute atomic E-state index is 0.200. The zero-order chi connectivity index (χ0) is 20.1. The number of ether oxygens (including phenoxy) is 2. The minimum Gasteiger partial charge on any atom is -0.493 e. The number of hydrogen-bond donors (Lipinski definition) is 2. The maximum Gasteiger partial charge on any atom is 0.252 e. The first kappa shape index (κ1) is 19.2. The highest BCUT2D eigenvalue weighted by molar-refractivity contribution is 6.10. The molecule has 1 aromatic heterocycles. The second kappa shape index (κ2) is 8.39. The summed E-state index contributed by atoms with van der Waals surface area (Å²) in [7, 11) is 3.12. The lowest BCUT2D eigenvalue weighted by molar-refractivity contribution is -0.114. The molecule has 2 aromatic carbocycles. The number of carbonyl (C=O) groups is 2. The smallest absolute Gasteiger partial charge is 0.252 e. The molecule has 144 valence electrons. The molecule has 0 spiro atoms. The third kappa shape index (κ3) is 3.88. The van der Waals surface area contributed by atoms with E-state index in [1.54, 1.807) is 50.7 Å². The van der Waals surface area contributed by atoms with E-state index in [0.717, 1.165) is 5.56 Å². The normalized spacial score (nSPS) is 10.4. The van der Waals surface area contributed by atoms with E-state index < -0.39 is 0 Å². The van der Waals surface area contributed by atoms with E-state index in [-0.39, 0.29) is 18.4 Å². The number of methoxy groups -OCH3 is 2. The Bertz CT molecular complexity index is 1030. The van der Waals surface area contributed by atoms with E-state index in [1.165, 1.54) is 6.92 Å². The molecule has 0 saturated carbocycles. The highest BCUT2D eigenvalue weighted by Gasteiger charge is 2.15. The molecule has 28 heavy (non-hydrogen) atoms. The summed E-state index contributed by atoms with van der Waals surface area (Å²) < 4.78 is 10.7. The molecule has 2 N–H and O–H groups in total. The van der Waals surface area contributed by atoms with Crippen LogP contribution >= 0.6 is 0 Å². The van der Waals surface area contributed by atoms with Crippen LogP contribution in [0.5, 0.6) is 11.5 Å². The number of carbonyl (C=O) groups excluding carboxylic acids is 2. The summed E-state index contributed by atoms with van der Waals surface area (Å²) in [5.41, 5.74) is 2.39. The zero-order valence-corrected chi connectivity index (χ0v) is 15.9. The van der Waals surface area contributed by atoms with Crippen molar-refractivity contribution in [1.82, 2.24) is 10.3 Å². The van der Waals surface area contributed by atoms with Gasteiger partial charge in [0, 0.05) is 30.6 Å². The van der Waals surface area contributed by atoms with Gasteiger partial charge in [-0.3, -0.25) is 14.6 Å². The molecule has 7 heteroatoms. The molecule has 0 saturated heterocycles. The van der Waals surface area contributed by atoms with Crippen molar-refractivity contribution in [2.24, 2.45) is 0 Å². The number of aromatic nitrogens is 1. The predicted molar refractivity (Wildman–Crippen MR) is 107 cm³/mol. The Morgan fingerprint density at radius 2 is 1.82 bits per heavy atom. The molecule has 3 rings (SSSR count). The Hall–Kier alpha value is -3.61. The highest BCUT2D eigenvalue weighted by Crippen LogP contribution is 2.30. The van der Waals surface area contributed by atoms with Crippen molar-refractivity contribution in [3.63, 3.8) is 0 Å². The summed E-state index contributed by atoms with van der Waals surface area (Å²) in [6, 6.07) is 12.5. The average molecular weight is 379 g/mol. The van der Waals surface area contributed by atoms with Gasteiger partial charge in [0.2, 0.25) is 5.91 Å². The van der Waals surface area contributed by atoms with Crippen molar-refractivity contribution in [2.45, 2.75) is 13.5 Å². The van der Waals surface area contributed by atoms with Crippen molar-refractivity contribution in [3.05, 3.63) is 59.8 Å². The molecule has 0 aliphatic rings. The second-order valence-corrected chi connectivity index (χ2v) is 6.08. The van der Waals surface area contributed by atoms with Gasteiger partial charge in [-0.1, -0.05) is 24.3 Å². The maximum atomic E-state index is 12.8. The molecule has 0 aliphatic carbocycles. The van der Waals surface area contributed by atoms with Crippen LogP contribution in [0.15, 0.2) is 48.7 Å². The summed E-state index contributed by atoms with van der Waals surface area (Å²) in [6.45, 7) is 1.70. The van der Waals surface area contributed by atoms with Gasteiger partial charge < -0.3 is 20.1 Å². The van der Waals surface area contributed by atoms with E-state index in [9.17, 15) is 9.59 Å². The standard InChI is InChI=1S/C21H21N3O4/c1-13(25)24-17-8-5-7-15-16(10-11-22-19(15)17)21(26)23-12-14-6-4-9-18(27-2)20(14)28-3/h4-11H,12H2,1-3H3,(H,23,26)(H,24,25). The van der Waals surface area contributed by atoms with Crippen LogP contribution in [0.25, 0.3) is 10.9 Å². The van der Waals surface area contributed by atoms with Crippen molar-refractivity contribution >= 4 is 28.4 Å².